The van der Waals surface area contributed by atoms with Crippen LogP contribution in [0.1, 0.15) is 24.2 Å². The fourth-order valence-corrected chi connectivity index (χ4v) is 4.21. The maximum absolute atomic E-state index is 14.1. The molecule has 3 heterocycles. The molecule has 0 aliphatic rings. The van der Waals surface area contributed by atoms with Crippen LogP contribution in [-0.2, 0) is 7.05 Å². The Morgan fingerprint density at radius 3 is 2.63 bits per heavy atom. The SMILES string of the molecule is CC(Nc1nc(N)ncc1C#N)c1cc2cccc(-c3cnn(C)c3)c2c(=O)n1-c1ccccc1. The molecule has 5 aromatic rings. The Morgan fingerprint density at radius 1 is 1.11 bits per heavy atom. The lowest BCUT2D eigenvalue weighted by Gasteiger charge is -2.22. The van der Waals surface area contributed by atoms with Gasteiger partial charge < -0.3 is 11.1 Å². The molecule has 0 fully saturated rings. The molecule has 9 heteroatoms. The Labute approximate surface area is 201 Å². The molecular formula is C26H22N8O. The predicted octanol–water partition coefficient (Wildman–Crippen LogP) is 3.81. The molecule has 35 heavy (non-hydrogen) atoms. The highest BCUT2D eigenvalue weighted by Crippen LogP contribution is 2.30. The first-order valence-electron chi connectivity index (χ1n) is 11.0. The van der Waals surface area contributed by atoms with Crippen molar-refractivity contribution in [3.63, 3.8) is 0 Å². The molecule has 0 bridgehead atoms. The van der Waals surface area contributed by atoms with Gasteiger partial charge in [0.25, 0.3) is 5.56 Å². The average molecular weight is 463 g/mol. The normalized spacial score (nSPS) is 11.8. The number of fused-ring (bicyclic) bond motifs is 1. The first-order chi connectivity index (χ1) is 17.0. The van der Waals surface area contributed by atoms with E-state index < -0.39 is 6.04 Å². The molecule has 1 unspecified atom stereocenters. The van der Waals surface area contributed by atoms with Crippen molar-refractivity contribution >= 4 is 22.5 Å². The Bertz CT molecular complexity index is 1650. The van der Waals surface area contributed by atoms with Crippen LogP contribution in [0.5, 0.6) is 0 Å². The highest BCUT2D eigenvalue weighted by atomic mass is 16.1. The zero-order valence-electron chi connectivity index (χ0n) is 19.2. The van der Waals surface area contributed by atoms with Crippen molar-refractivity contribution in [2.45, 2.75) is 13.0 Å². The lowest BCUT2D eigenvalue weighted by atomic mass is 9.99. The fourth-order valence-electron chi connectivity index (χ4n) is 4.21. The van der Waals surface area contributed by atoms with Crippen molar-refractivity contribution in [2.75, 3.05) is 11.1 Å². The summed E-state index contributed by atoms with van der Waals surface area (Å²) in [4.78, 5) is 22.2. The second kappa shape index (κ2) is 8.76. The number of benzene rings is 2. The van der Waals surface area contributed by atoms with Gasteiger partial charge in [-0.05, 0) is 36.1 Å². The quantitative estimate of drug-likeness (QED) is 0.406. The zero-order chi connectivity index (χ0) is 24.5. The number of hydrogen-bond donors (Lipinski definition) is 2. The van der Waals surface area contributed by atoms with Crippen LogP contribution in [0.3, 0.4) is 0 Å². The van der Waals surface area contributed by atoms with Crippen LogP contribution < -0.4 is 16.6 Å². The van der Waals surface area contributed by atoms with Crippen LogP contribution >= 0.6 is 0 Å². The number of pyridine rings is 1. The molecule has 5 rings (SSSR count). The number of para-hydroxylation sites is 1. The third-order valence-corrected chi connectivity index (χ3v) is 5.83. The highest BCUT2D eigenvalue weighted by molar-refractivity contribution is 5.96. The van der Waals surface area contributed by atoms with Crippen LogP contribution in [0.25, 0.3) is 27.6 Å². The maximum Gasteiger partial charge on any atom is 0.263 e. The summed E-state index contributed by atoms with van der Waals surface area (Å²) in [6, 6.07) is 18.9. The largest absolute Gasteiger partial charge is 0.368 e. The third-order valence-electron chi connectivity index (χ3n) is 5.83. The number of aromatic nitrogens is 5. The predicted molar refractivity (Wildman–Crippen MR) is 135 cm³/mol. The Morgan fingerprint density at radius 2 is 1.91 bits per heavy atom. The van der Waals surface area contributed by atoms with Gasteiger partial charge in [-0.1, -0.05) is 36.4 Å². The van der Waals surface area contributed by atoms with Crippen LogP contribution in [0, 0.1) is 11.3 Å². The van der Waals surface area contributed by atoms with Gasteiger partial charge in [0.15, 0.2) is 0 Å². The summed E-state index contributed by atoms with van der Waals surface area (Å²) in [5.41, 5.74) is 8.98. The van der Waals surface area contributed by atoms with Crippen molar-refractivity contribution in [3.8, 4) is 22.9 Å². The van der Waals surface area contributed by atoms with Crippen molar-refractivity contribution in [1.29, 1.82) is 5.26 Å². The van der Waals surface area contributed by atoms with Gasteiger partial charge in [0.2, 0.25) is 5.95 Å². The second-order valence-electron chi connectivity index (χ2n) is 8.19. The monoisotopic (exact) mass is 462 g/mol. The first kappa shape index (κ1) is 21.9. The number of nitriles is 1. The Kier molecular flexibility index (Phi) is 5.47. The van der Waals surface area contributed by atoms with E-state index in [0.29, 0.717) is 16.9 Å². The molecule has 172 valence electrons. The molecule has 0 saturated carbocycles. The van der Waals surface area contributed by atoms with Gasteiger partial charge >= 0.3 is 0 Å². The van der Waals surface area contributed by atoms with E-state index in [0.717, 1.165) is 22.2 Å². The van der Waals surface area contributed by atoms with Crippen LogP contribution in [0.2, 0.25) is 0 Å². The summed E-state index contributed by atoms with van der Waals surface area (Å²) >= 11 is 0. The summed E-state index contributed by atoms with van der Waals surface area (Å²) in [5, 5.41) is 18.4. The number of nitrogens with two attached hydrogens (primary N) is 1. The minimum absolute atomic E-state index is 0.0544. The third kappa shape index (κ3) is 3.98. The van der Waals surface area contributed by atoms with Gasteiger partial charge in [-0.25, -0.2) is 4.98 Å². The molecule has 0 radical (unpaired) electrons. The van der Waals surface area contributed by atoms with Crippen molar-refractivity contribution in [3.05, 3.63) is 94.8 Å². The fraction of sp³-hybridized carbons (Fsp3) is 0.115. The van der Waals surface area contributed by atoms with Crippen LogP contribution in [0.4, 0.5) is 11.8 Å². The van der Waals surface area contributed by atoms with E-state index in [2.05, 4.69) is 26.5 Å². The smallest absolute Gasteiger partial charge is 0.263 e. The summed E-state index contributed by atoms with van der Waals surface area (Å²) in [6.45, 7) is 1.91. The topological polar surface area (TPSA) is 127 Å². The molecule has 0 aliphatic carbocycles. The zero-order valence-corrected chi connectivity index (χ0v) is 19.2. The maximum atomic E-state index is 14.1. The molecule has 0 aliphatic heterocycles. The molecule has 0 saturated heterocycles. The number of nitrogens with zero attached hydrogens (tertiary/aromatic N) is 6. The molecular weight excluding hydrogens is 440 g/mol. The van der Waals surface area contributed by atoms with Crippen molar-refractivity contribution in [1.82, 2.24) is 24.3 Å². The summed E-state index contributed by atoms with van der Waals surface area (Å²) in [7, 11) is 1.84. The number of aryl methyl sites for hydroxylation is 1. The molecule has 0 spiro atoms. The summed E-state index contributed by atoms with van der Waals surface area (Å²) in [5.74, 6) is 0.363. The molecule has 3 aromatic heterocycles. The van der Waals surface area contributed by atoms with Crippen LogP contribution in [0.15, 0.2) is 78.0 Å². The van der Waals surface area contributed by atoms with E-state index in [4.69, 9.17) is 5.73 Å². The van der Waals surface area contributed by atoms with E-state index in [1.54, 1.807) is 15.4 Å². The van der Waals surface area contributed by atoms with Gasteiger partial charge in [0.05, 0.1) is 23.8 Å². The standard InChI is InChI=1S/C26H22N8O/c1-16(31-24-18(12-27)13-29-26(28)32-24)22-11-17-7-6-10-21(19-14-30-33(2)15-19)23(17)25(35)34(22)20-8-4-3-5-9-20/h3-11,13-16H,1-2H3,(H3,28,29,31,32). The van der Waals surface area contributed by atoms with Crippen molar-refractivity contribution in [2.24, 2.45) is 7.05 Å². The van der Waals surface area contributed by atoms with Gasteiger partial charge in [-0.3, -0.25) is 14.0 Å². The summed E-state index contributed by atoms with van der Waals surface area (Å²) < 4.78 is 3.40. The second-order valence-corrected chi connectivity index (χ2v) is 8.19. The van der Waals surface area contributed by atoms with E-state index in [1.807, 2.05) is 74.8 Å². The average Bonchev–Trinajstić information content (AvgIpc) is 3.30. The van der Waals surface area contributed by atoms with E-state index >= 15 is 0 Å². The molecule has 2 aromatic carbocycles. The van der Waals surface area contributed by atoms with E-state index in [9.17, 15) is 10.1 Å². The Hall–Kier alpha value is -4.97. The first-order valence-corrected chi connectivity index (χ1v) is 11.0. The summed E-state index contributed by atoms with van der Waals surface area (Å²) in [6.07, 6.45) is 5.02. The Balaban J connectivity index is 1.74. The van der Waals surface area contributed by atoms with E-state index in [1.165, 1.54) is 6.20 Å². The molecule has 1 atom stereocenters. The number of nitrogens with one attached hydrogen (secondary N) is 1. The molecule has 3 N–H and O–H groups in total. The van der Waals surface area contributed by atoms with Gasteiger partial charge in [0.1, 0.15) is 17.5 Å². The van der Waals surface area contributed by atoms with E-state index in [-0.39, 0.29) is 17.1 Å². The minimum atomic E-state index is -0.393. The lowest BCUT2D eigenvalue weighted by molar-refractivity contribution is 0.768. The number of rotatable bonds is 5. The minimum Gasteiger partial charge on any atom is -0.368 e. The number of hydrogen-bond acceptors (Lipinski definition) is 7. The number of nitrogen functional groups attached to an aromatic ring is 1. The van der Waals surface area contributed by atoms with Crippen LogP contribution in [-0.4, -0.2) is 24.3 Å². The molecule has 9 nitrogen and oxygen atoms in total. The van der Waals surface area contributed by atoms with Crippen molar-refractivity contribution < 1.29 is 0 Å². The highest BCUT2D eigenvalue weighted by Gasteiger charge is 2.20. The van der Waals surface area contributed by atoms with Gasteiger partial charge in [0, 0.05) is 30.2 Å². The number of anilines is 2. The van der Waals surface area contributed by atoms with Gasteiger partial charge in [-0.15, -0.1) is 0 Å². The van der Waals surface area contributed by atoms with Gasteiger partial charge in [-0.2, -0.15) is 15.3 Å². The lowest BCUT2D eigenvalue weighted by Crippen LogP contribution is -2.26. The molecule has 0 amide bonds.